The van der Waals surface area contributed by atoms with Gasteiger partial charge in [0.1, 0.15) is 6.54 Å². The van der Waals surface area contributed by atoms with Crippen molar-refractivity contribution in [1.82, 2.24) is 14.8 Å². The van der Waals surface area contributed by atoms with Gasteiger partial charge in [0.05, 0.1) is 23.0 Å². The van der Waals surface area contributed by atoms with Gasteiger partial charge >= 0.3 is 0 Å². The molecule has 0 radical (unpaired) electrons. The molecule has 2 aromatic carbocycles. The molecule has 0 bridgehead atoms. The predicted molar refractivity (Wildman–Crippen MR) is 119 cm³/mol. The van der Waals surface area contributed by atoms with Gasteiger partial charge in [-0.05, 0) is 25.1 Å². The fourth-order valence-electron chi connectivity index (χ4n) is 3.79. The van der Waals surface area contributed by atoms with E-state index in [1.807, 2.05) is 25.1 Å². The van der Waals surface area contributed by atoms with Crippen LogP contribution in [0.25, 0.3) is 10.9 Å². The number of sulfone groups is 1. The van der Waals surface area contributed by atoms with Crippen molar-refractivity contribution >= 4 is 26.6 Å². The second kappa shape index (κ2) is 9.21. The maximum atomic E-state index is 13.3. The van der Waals surface area contributed by atoms with Gasteiger partial charge in [0, 0.05) is 43.3 Å². The molecule has 1 amide bonds. The minimum absolute atomic E-state index is 0.0625. The third kappa shape index (κ3) is 4.81. The summed E-state index contributed by atoms with van der Waals surface area (Å²) < 4.78 is 33.6. The van der Waals surface area contributed by atoms with Gasteiger partial charge in [-0.25, -0.2) is 8.42 Å². The smallest absolute Gasteiger partial charge is 0.239 e. The number of hydrogen-bond donors (Lipinski definition) is 1. The van der Waals surface area contributed by atoms with Gasteiger partial charge in [-0.15, -0.1) is 0 Å². The molecule has 4 rings (SSSR count). The molecule has 2 heterocycles. The zero-order valence-electron chi connectivity index (χ0n) is 17.6. The maximum Gasteiger partial charge on any atom is 0.239 e. The Morgan fingerprint density at radius 2 is 1.77 bits per heavy atom. The summed E-state index contributed by atoms with van der Waals surface area (Å²) in [5.74, 6) is -0.145. The molecular weight excluding hydrogens is 414 g/mol. The molecule has 1 aromatic heterocycles. The molecule has 0 saturated carbocycles. The van der Waals surface area contributed by atoms with Gasteiger partial charge in [-0.1, -0.05) is 35.9 Å². The van der Waals surface area contributed by atoms with Crippen molar-refractivity contribution in [3.05, 3.63) is 60.3 Å². The van der Waals surface area contributed by atoms with E-state index >= 15 is 0 Å². The molecule has 164 valence electrons. The fourth-order valence-corrected chi connectivity index (χ4v) is 5.27. The quantitative estimate of drug-likeness (QED) is 0.608. The first-order valence-electron chi connectivity index (χ1n) is 10.4. The highest BCUT2D eigenvalue weighted by Crippen LogP contribution is 2.30. The Morgan fingerprint density at radius 1 is 1.06 bits per heavy atom. The van der Waals surface area contributed by atoms with Gasteiger partial charge in [-0.3, -0.25) is 9.69 Å². The summed E-state index contributed by atoms with van der Waals surface area (Å²) in [7, 11) is -3.70. The number of aryl methyl sites for hydroxylation is 1. The molecule has 8 heteroatoms. The number of carbonyl (C=O) groups excluding carboxylic acids is 1. The van der Waals surface area contributed by atoms with E-state index in [9.17, 15) is 13.2 Å². The van der Waals surface area contributed by atoms with Crippen LogP contribution in [0.5, 0.6) is 0 Å². The number of nitrogens with zero attached hydrogens (tertiary/aromatic N) is 2. The third-order valence-corrected chi connectivity index (χ3v) is 7.34. The SMILES string of the molecule is Cc1ccc(S(=O)(=O)c2cn(CC(=O)NCCN3CCOCC3)c3ccccc23)cc1. The predicted octanol–water partition coefficient (Wildman–Crippen LogP) is 2.23. The van der Waals surface area contributed by atoms with Crippen LogP contribution in [0, 0.1) is 6.92 Å². The molecule has 1 aliphatic rings. The highest BCUT2D eigenvalue weighted by atomic mass is 32.2. The third-order valence-electron chi connectivity index (χ3n) is 5.54. The zero-order valence-corrected chi connectivity index (χ0v) is 18.4. The zero-order chi connectivity index (χ0) is 21.8. The van der Waals surface area contributed by atoms with Crippen LogP contribution < -0.4 is 5.32 Å². The van der Waals surface area contributed by atoms with Crippen LogP contribution in [0.3, 0.4) is 0 Å². The summed E-state index contributed by atoms with van der Waals surface area (Å²) in [4.78, 5) is 15.3. The number of para-hydroxylation sites is 1. The van der Waals surface area contributed by atoms with Crippen LogP contribution in [0.2, 0.25) is 0 Å². The van der Waals surface area contributed by atoms with E-state index in [0.717, 1.165) is 43.9 Å². The lowest BCUT2D eigenvalue weighted by atomic mass is 10.2. The average molecular weight is 442 g/mol. The second-order valence-electron chi connectivity index (χ2n) is 7.76. The minimum atomic E-state index is -3.70. The summed E-state index contributed by atoms with van der Waals surface area (Å²) in [5, 5.41) is 3.55. The Morgan fingerprint density at radius 3 is 2.52 bits per heavy atom. The van der Waals surface area contributed by atoms with Gasteiger partial charge in [-0.2, -0.15) is 0 Å². The number of fused-ring (bicyclic) bond motifs is 1. The van der Waals surface area contributed by atoms with Gasteiger partial charge < -0.3 is 14.6 Å². The number of rotatable bonds is 7. The van der Waals surface area contributed by atoms with E-state index in [2.05, 4.69) is 10.2 Å². The molecule has 1 N–H and O–H groups in total. The molecule has 31 heavy (non-hydrogen) atoms. The number of carbonyl (C=O) groups is 1. The fraction of sp³-hybridized carbons (Fsp3) is 0.348. The van der Waals surface area contributed by atoms with Crippen molar-refractivity contribution in [1.29, 1.82) is 0 Å². The van der Waals surface area contributed by atoms with Crippen molar-refractivity contribution in [2.45, 2.75) is 23.3 Å². The molecule has 0 atom stereocenters. The second-order valence-corrected chi connectivity index (χ2v) is 9.68. The molecule has 7 nitrogen and oxygen atoms in total. The molecule has 0 spiro atoms. The number of morpholine rings is 1. The Hall–Kier alpha value is -2.68. The highest BCUT2D eigenvalue weighted by Gasteiger charge is 2.23. The number of aromatic nitrogens is 1. The van der Waals surface area contributed by atoms with Crippen molar-refractivity contribution in [2.75, 3.05) is 39.4 Å². The molecule has 1 aliphatic heterocycles. The lowest BCUT2D eigenvalue weighted by Gasteiger charge is -2.26. The van der Waals surface area contributed by atoms with E-state index in [0.29, 0.717) is 11.9 Å². The lowest BCUT2D eigenvalue weighted by Crippen LogP contribution is -2.41. The molecule has 1 saturated heterocycles. The van der Waals surface area contributed by atoms with E-state index in [1.165, 1.54) is 0 Å². The standard InChI is InChI=1S/C23H27N3O4S/c1-18-6-8-19(9-7-18)31(28,29)22-16-26(21-5-3-2-4-20(21)22)17-23(27)24-10-11-25-12-14-30-15-13-25/h2-9,16H,10-15,17H2,1H3,(H,24,27). The highest BCUT2D eigenvalue weighted by molar-refractivity contribution is 7.91. The normalized spacial score (nSPS) is 15.3. The Labute approximate surface area is 182 Å². The largest absolute Gasteiger partial charge is 0.379 e. The average Bonchev–Trinajstić information content (AvgIpc) is 3.14. The first-order valence-corrected chi connectivity index (χ1v) is 11.9. The van der Waals surface area contributed by atoms with Crippen molar-refractivity contribution < 1.29 is 17.9 Å². The van der Waals surface area contributed by atoms with Crippen LogP contribution in [-0.4, -0.2) is 63.2 Å². The Bertz CT molecular complexity index is 1160. The van der Waals surface area contributed by atoms with Crippen molar-refractivity contribution in [3.8, 4) is 0 Å². The van der Waals surface area contributed by atoms with Crippen LogP contribution in [-0.2, 0) is 25.9 Å². The molecule has 3 aromatic rings. The van der Waals surface area contributed by atoms with Crippen LogP contribution in [0.15, 0.2) is 64.5 Å². The molecular formula is C23H27N3O4S. The van der Waals surface area contributed by atoms with E-state index in [4.69, 9.17) is 4.74 Å². The first-order chi connectivity index (χ1) is 14.9. The Kier molecular flexibility index (Phi) is 6.41. The van der Waals surface area contributed by atoms with Gasteiger partial charge in [0.15, 0.2) is 0 Å². The summed E-state index contributed by atoms with van der Waals surface area (Å²) in [5.41, 5.74) is 1.71. The molecule has 0 unspecified atom stereocenters. The first kappa shape index (κ1) is 21.5. The van der Waals surface area contributed by atoms with E-state index in [-0.39, 0.29) is 22.2 Å². The number of benzene rings is 2. The Balaban J connectivity index is 1.52. The summed E-state index contributed by atoms with van der Waals surface area (Å²) >= 11 is 0. The van der Waals surface area contributed by atoms with Crippen molar-refractivity contribution in [3.63, 3.8) is 0 Å². The maximum absolute atomic E-state index is 13.3. The summed E-state index contributed by atoms with van der Waals surface area (Å²) in [6.45, 7) is 6.49. The number of hydrogen-bond acceptors (Lipinski definition) is 5. The number of amides is 1. The number of ether oxygens (including phenoxy) is 1. The lowest BCUT2D eigenvalue weighted by molar-refractivity contribution is -0.121. The number of nitrogens with one attached hydrogen (secondary N) is 1. The van der Waals surface area contributed by atoms with Crippen LogP contribution in [0.1, 0.15) is 5.56 Å². The van der Waals surface area contributed by atoms with Crippen LogP contribution in [0.4, 0.5) is 0 Å². The monoisotopic (exact) mass is 441 g/mol. The summed E-state index contributed by atoms with van der Waals surface area (Å²) in [6, 6.07) is 14.1. The minimum Gasteiger partial charge on any atom is -0.379 e. The van der Waals surface area contributed by atoms with Gasteiger partial charge in [0.2, 0.25) is 15.7 Å². The topological polar surface area (TPSA) is 80.6 Å². The molecule has 1 fully saturated rings. The van der Waals surface area contributed by atoms with Gasteiger partial charge in [0.25, 0.3) is 0 Å². The summed E-state index contributed by atoms with van der Waals surface area (Å²) in [6.07, 6.45) is 1.57. The van der Waals surface area contributed by atoms with E-state index in [1.54, 1.807) is 41.1 Å². The van der Waals surface area contributed by atoms with Crippen LogP contribution >= 0.6 is 0 Å². The van der Waals surface area contributed by atoms with E-state index < -0.39 is 9.84 Å². The van der Waals surface area contributed by atoms with Crippen molar-refractivity contribution in [2.24, 2.45) is 0 Å². The molecule has 0 aliphatic carbocycles.